The zero-order valence-corrected chi connectivity index (χ0v) is 14.9. The Morgan fingerprint density at radius 3 is 2.67 bits per heavy atom. The summed E-state index contributed by atoms with van der Waals surface area (Å²) in [5, 5.41) is 14.0. The lowest BCUT2D eigenvalue weighted by molar-refractivity contribution is -0.146. The Hall–Kier alpha value is -1.01. The normalized spacial score (nSPS) is 22.6. The van der Waals surface area contributed by atoms with Gasteiger partial charge in [0, 0.05) is 32.2 Å². The summed E-state index contributed by atoms with van der Waals surface area (Å²) in [4.78, 5) is 14.3. The summed E-state index contributed by atoms with van der Waals surface area (Å²) in [5.41, 5.74) is 0.814. The number of carbonyl (C=O) groups excluding carboxylic acids is 1. The minimum Gasteiger partial charge on any atom is -0.508 e. The Morgan fingerprint density at radius 1 is 1.29 bits per heavy atom. The fraction of sp³-hybridized carbons (Fsp3) is 0.588. The molecule has 3 rings (SSSR count). The number of rotatable bonds is 3. The van der Waals surface area contributed by atoms with Crippen LogP contribution in [-0.2, 0) is 16.0 Å². The largest absolute Gasteiger partial charge is 0.508 e. The van der Waals surface area contributed by atoms with Crippen molar-refractivity contribution >= 4 is 29.1 Å². The van der Waals surface area contributed by atoms with Crippen molar-refractivity contribution in [2.75, 3.05) is 32.8 Å². The molecule has 7 heteroatoms. The molecule has 2 fully saturated rings. The monoisotopic (exact) mass is 372 g/mol. The number of phenolic OH excluding ortho intramolecular Hbond substituents is 1. The van der Waals surface area contributed by atoms with Crippen molar-refractivity contribution in [3.63, 3.8) is 0 Å². The quantitative estimate of drug-likeness (QED) is 0.855. The van der Waals surface area contributed by atoms with E-state index in [0.29, 0.717) is 29.1 Å². The van der Waals surface area contributed by atoms with Gasteiger partial charge in [0.2, 0.25) is 0 Å². The summed E-state index contributed by atoms with van der Waals surface area (Å²) >= 11 is 11.9. The number of ether oxygens (including phenoxy) is 1. The van der Waals surface area contributed by atoms with E-state index in [2.05, 4.69) is 5.32 Å². The van der Waals surface area contributed by atoms with Crippen LogP contribution < -0.4 is 5.32 Å². The predicted octanol–water partition coefficient (Wildman–Crippen LogP) is 2.47. The van der Waals surface area contributed by atoms with Crippen molar-refractivity contribution in [3.8, 4) is 5.75 Å². The number of aromatic hydroxyl groups is 1. The van der Waals surface area contributed by atoms with Gasteiger partial charge in [-0.2, -0.15) is 0 Å². The van der Waals surface area contributed by atoms with Gasteiger partial charge in [-0.25, -0.2) is 0 Å². The number of hydrogen-bond acceptors (Lipinski definition) is 4. The van der Waals surface area contributed by atoms with E-state index in [0.717, 1.165) is 44.5 Å². The lowest BCUT2D eigenvalue weighted by Gasteiger charge is -2.35. The molecule has 2 heterocycles. The first-order valence-electron chi connectivity index (χ1n) is 8.32. The highest BCUT2D eigenvalue weighted by molar-refractivity contribution is 6.42. The van der Waals surface area contributed by atoms with Gasteiger partial charge < -0.3 is 20.1 Å². The Bertz CT molecular complexity index is 598. The molecular formula is C17H22Cl2N2O3. The minimum absolute atomic E-state index is 0.0815. The van der Waals surface area contributed by atoms with Gasteiger partial charge >= 0.3 is 0 Å². The maximum atomic E-state index is 12.4. The number of phenols is 1. The lowest BCUT2D eigenvalue weighted by atomic mass is 9.89. The Labute approximate surface area is 151 Å². The third kappa shape index (κ3) is 4.14. The zero-order chi connectivity index (χ0) is 17.1. The first kappa shape index (κ1) is 17.8. The van der Waals surface area contributed by atoms with Gasteiger partial charge in [-0.3, -0.25) is 4.79 Å². The number of hydrogen-bond donors (Lipinski definition) is 2. The van der Waals surface area contributed by atoms with Crippen LogP contribution in [0.3, 0.4) is 0 Å². The smallest absolute Gasteiger partial charge is 0.253 e. The van der Waals surface area contributed by atoms with Crippen LogP contribution in [0.5, 0.6) is 5.75 Å². The van der Waals surface area contributed by atoms with Crippen LogP contribution in [0.25, 0.3) is 0 Å². The van der Waals surface area contributed by atoms with E-state index in [1.807, 2.05) is 4.90 Å². The zero-order valence-electron chi connectivity index (χ0n) is 13.4. The molecule has 0 radical (unpaired) electrons. The van der Waals surface area contributed by atoms with Gasteiger partial charge in [0.05, 0.1) is 16.7 Å². The van der Waals surface area contributed by atoms with Crippen LogP contribution in [0.4, 0.5) is 0 Å². The van der Waals surface area contributed by atoms with Gasteiger partial charge in [-0.15, -0.1) is 0 Å². The molecule has 0 aromatic heterocycles. The van der Waals surface area contributed by atoms with Crippen LogP contribution >= 0.6 is 23.2 Å². The number of nitrogens with zero attached hydrogens (tertiary/aromatic N) is 1. The second kappa shape index (κ2) is 7.91. The summed E-state index contributed by atoms with van der Waals surface area (Å²) in [6.45, 7) is 3.44. The molecule has 0 aliphatic carbocycles. The number of halogens is 2. The molecule has 24 heavy (non-hydrogen) atoms. The highest BCUT2D eigenvalue weighted by atomic mass is 35.5. The van der Waals surface area contributed by atoms with E-state index in [1.54, 1.807) is 6.07 Å². The van der Waals surface area contributed by atoms with Gasteiger partial charge in [0.1, 0.15) is 11.9 Å². The summed E-state index contributed by atoms with van der Waals surface area (Å²) < 4.78 is 5.54. The van der Waals surface area contributed by atoms with Crippen LogP contribution in [-0.4, -0.2) is 54.8 Å². The van der Waals surface area contributed by atoms with E-state index < -0.39 is 0 Å². The standard InChI is InChI=1S/C17H22Cl2N2O3/c18-13-8-12(15(22)9-14(13)19)7-11-1-4-21(5-2-11)17(23)16-10-20-3-6-24-16/h8-9,11,16,20,22H,1-7,10H2. The topological polar surface area (TPSA) is 61.8 Å². The van der Waals surface area contributed by atoms with E-state index in [-0.39, 0.29) is 17.8 Å². The Morgan fingerprint density at radius 2 is 2.00 bits per heavy atom. The number of amides is 1. The number of likely N-dealkylation sites (tertiary alicyclic amines) is 1. The molecule has 1 amide bonds. The first-order valence-corrected chi connectivity index (χ1v) is 9.08. The lowest BCUT2D eigenvalue weighted by Crippen LogP contribution is -2.51. The average molecular weight is 373 g/mol. The molecule has 132 valence electrons. The molecule has 2 aliphatic rings. The second-order valence-electron chi connectivity index (χ2n) is 6.43. The summed E-state index contributed by atoms with van der Waals surface area (Å²) in [5.74, 6) is 0.685. The van der Waals surface area contributed by atoms with Crippen molar-refractivity contribution in [2.45, 2.75) is 25.4 Å². The fourth-order valence-electron chi connectivity index (χ4n) is 3.34. The highest BCUT2D eigenvalue weighted by Crippen LogP contribution is 2.33. The van der Waals surface area contributed by atoms with Crippen molar-refractivity contribution in [2.24, 2.45) is 5.92 Å². The Balaban J connectivity index is 1.53. The van der Waals surface area contributed by atoms with Crippen molar-refractivity contribution < 1.29 is 14.6 Å². The molecule has 5 nitrogen and oxygen atoms in total. The van der Waals surface area contributed by atoms with Gasteiger partial charge in [-0.1, -0.05) is 23.2 Å². The molecule has 1 atom stereocenters. The Kier molecular flexibility index (Phi) is 5.87. The van der Waals surface area contributed by atoms with Crippen LogP contribution in [0.1, 0.15) is 18.4 Å². The SMILES string of the molecule is O=C(C1CNCCO1)N1CCC(Cc2cc(Cl)c(Cl)cc2O)CC1. The maximum absolute atomic E-state index is 12.4. The molecule has 2 N–H and O–H groups in total. The number of morpholine rings is 1. The third-order valence-corrected chi connectivity index (χ3v) is 5.48. The van der Waals surface area contributed by atoms with Gasteiger partial charge in [-0.05, 0) is 36.8 Å². The van der Waals surface area contributed by atoms with Crippen molar-refractivity contribution in [1.82, 2.24) is 10.2 Å². The third-order valence-electron chi connectivity index (χ3n) is 4.76. The van der Waals surface area contributed by atoms with E-state index in [4.69, 9.17) is 27.9 Å². The maximum Gasteiger partial charge on any atom is 0.253 e. The minimum atomic E-state index is -0.352. The predicted molar refractivity (Wildman–Crippen MR) is 93.7 cm³/mol. The van der Waals surface area contributed by atoms with Crippen LogP contribution in [0.2, 0.25) is 10.0 Å². The molecule has 2 aliphatic heterocycles. The van der Waals surface area contributed by atoms with Crippen LogP contribution in [0.15, 0.2) is 12.1 Å². The van der Waals surface area contributed by atoms with Crippen LogP contribution in [0, 0.1) is 5.92 Å². The summed E-state index contributed by atoms with van der Waals surface area (Å²) in [6, 6.07) is 3.23. The van der Waals surface area contributed by atoms with Crippen molar-refractivity contribution in [1.29, 1.82) is 0 Å². The first-order chi connectivity index (χ1) is 11.5. The number of piperidine rings is 1. The van der Waals surface area contributed by atoms with E-state index in [9.17, 15) is 9.90 Å². The molecular weight excluding hydrogens is 351 g/mol. The molecule has 0 saturated carbocycles. The van der Waals surface area contributed by atoms with E-state index in [1.165, 1.54) is 6.07 Å². The van der Waals surface area contributed by atoms with Gasteiger partial charge in [0.15, 0.2) is 0 Å². The summed E-state index contributed by atoms with van der Waals surface area (Å²) in [6.07, 6.45) is 2.21. The van der Waals surface area contributed by atoms with Crippen molar-refractivity contribution in [3.05, 3.63) is 27.7 Å². The molecule has 0 bridgehead atoms. The fourth-order valence-corrected chi connectivity index (χ4v) is 3.68. The molecule has 1 aromatic rings. The summed E-state index contributed by atoms with van der Waals surface area (Å²) in [7, 11) is 0. The molecule has 0 spiro atoms. The molecule has 2 saturated heterocycles. The number of nitrogens with one attached hydrogen (secondary N) is 1. The second-order valence-corrected chi connectivity index (χ2v) is 7.25. The van der Waals surface area contributed by atoms with E-state index >= 15 is 0 Å². The highest BCUT2D eigenvalue weighted by Gasteiger charge is 2.30. The molecule has 1 unspecified atom stereocenters. The average Bonchev–Trinajstić information content (AvgIpc) is 2.60. The van der Waals surface area contributed by atoms with Gasteiger partial charge in [0.25, 0.3) is 5.91 Å². The number of carbonyl (C=O) groups is 1. The number of benzene rings is 1. The molecule has 1 aromatic carbocycles.